The van der Waals surface area contributed by atoms with E-state index in [-0.39, 0.29) is 5.92 Å². The molecule has 0 heterocycles. The average Bonchev–Trinajstić information content (AvgIpc) is 1.59. The van der Waals surface area contributed by atoms with Gasteiger partial charge < -0.3 is 20.4 Å². The van der Waals surface area contributed by atoms with E-state index in [9.17, 15) is 0 Å². The smallest absolute Gasteiger partial charge is 0.450 e. The lowest BCUT2D eigenvalue weighted by Crippen LogP contribution is -2.29. The third-order valence-electron chi connectivity index (χ3n) is 1.09. The molecule has 0 amide bonds. The van der Waals surface area contributed by atoms with Crippen LogP contribution in [0.4, 0.5) is 4.79 Å². The number of carboxylic acid groups (broad SMARTS) is 2. The molecular weight excluding hydrogens is 152 g/mol. The monoisotopic (exact) mass is 166 g/mol. The van der Waals surface area contributed by atoms with Gasteiger partial charge in [-0.1, -0.05) is 13.8 Å². The van der Waals surface area contributed by atoms with Crippen molar-refractivity contribution in [3.8, 4) is 0 Å². The van der Waals surface area contributed by atoms with Gasteiger partial charge in [0.1, 0.15) is 0 Å². The predicted octanol–water partition coefficient (Wildman–Crippen LogP) is 0.566. The summed E-state index contributed by atoms with van der Waals surface area (Å²) in [6, 6.07) is 0. The summed E-state index contributed by atoms with van der Waals surface area (Å²) in [7, 11) is 0. The first-order valence-electron chi connectivity index (χ1n) is 3.04. The van der Waals surface area contributed by atoms with Gasteiger partial charge in [-0.15, -0.1) is 0 Å². The molecule has 0 aliphatic rings. The Labute approximate surface area is 64.9 Å². The van der Waals surface area contributed by atoms with E-state index in [0.717, 1.165) is 0 Å². The molecule has 0 bridgehead atoms. The zero-order valence-corrected chi connectivity index (χ0v) is 6.77. The normalized spacial score (nSPS) is 10.4. The molecule has 0 rings (SSSR count). The number of carbonyl (C=O) groups is 1. The van der Waals surface area contributed by atoms with Crippen LogP contribution in [0.1, 0.15) is 20.8 Å². The molecular formula is C6H14O5. The van der Waals surface area contributed by atoms with Gasteiger partial charge in [0.2, 0.25) is 0 Å². The minimum atomic E-state index is -1.83. The second kappa shape index (κ2) is 4.92. The van der Waals surface area contributed by atoms with Crippen molar-refractivity contribution in [1.82, 2.24) is 0 Å². The summed E-state index contributed by atoms with van der Waals surface area (Å²) in [6.45, 7) is 4.87. The molecule has 0 radical (unpaired) electrons. The summed E-state index contributed by atoms with van der Waals surface area (Å²) < 4.78 is 0. The maximum absolute atomic E-state index is 8.65. The highest BCUT2D eigenvalue weighted by Crippen LogP contribution is 2.09. The summed E-state index contributed by atoms with van der Waals surface area (Å²) in [5, 5.41) is 31.2. The Hall–Kier alpha value is -0.810. The fraction of sp³-hybridized carbons (Fsp3) is 0.833. The quantitative estimate of drug-likeness (QED) is 0.427. The van der Waals surface area contributed by atoms with Crippen molar-refractivity contribution >= 4 is 6.16 Å². The molecule has 68 valence electrons. The zero-order chi connectivity index (χ0) is 9.65. The highest BCUT2D eigenvalue weighted by molar-refractivity contribution is 5.53. The van der Waals surface area contributed by atoms with Gasteiger partial charge in [-0.05, 0) is 6.92 Å². The van der Waals surface area contributed by atoms with Crippen molar-refractivity contribution in [2.45, 2.75) is 26.6 Å². The summed E-state index contributed by atoms with van der Waals surface area (Å²) >= 11 is 0. The van der Waals surface area contributed by atoms with Crippen molar-refractivity contribution < 1.29 is 25.2 Å². The molecule has 0 atom stereocenters. The van der Waals surface area contributed by atoms with Crippen LogP contribution in [0, 0.1) is 5.92 Å². The van der Waals surface area contributed by atoms with Crippen LogP contribution < -0.4 is 0 Å². The van der Waals surface area contributed by atoms with Gasteiger partial charge in [-0.25, -0.2) is 4.79 Å². The Bertz CT molecular complexity index is 109. The molecule has 11 heavy (non-hydrogen) atoms. The molecule has 0 saturated heterocycles. The Morgan fingerprint density at radius 2 is 1.36 bits per heavy atom. The minimum Gasteiger partial charge on any atom is -0.450 e. The first kappa shape index (κ1) is 12.8. The van der Waals surface area contributed by atoms with E-state index in [4.69, 9.17) is 25.2 Å². The largest absolute Gasteiger partial charge is 0.503 e. The lowest BCUT2D eigenvalue weighted by Gasteiger charge is -2.19. The number of hydrogen-bond donors (Lipinski definition) is 4. The van der Waals surface area contributed by atoms with Crippen molar-refractivity contribution in [2.75, 3.05) is 0 Å². The van der Waals surface area contributed by atoms with Crippen molar-refractivity contribution in [3.05, 3.63) is 0 Å². The maximum Gasteiger partial charge on any atom is 0.503 e. The van der Waals surface area contributed by atoms with Gasteiger partial charge >= 0.3 is 6.16 Å². The number of hydrogen-bond acceptors (Lipinski definition) is 3. The first-order chi connectivity index (χ1) is 4.68. The highest BCUT2D eigenvalue weighted by Gasteiger charge is 2.18. The Kier molecular flexibility index (Phi) is 5.74. The van der Waals surface area contributed by atoms with Crippen LogP contribution in [0.5, 0.6) is 0 Å². The maximum atomic E-state index is 8.65. The predicted molar refractivity (Wildman–Crippen MR) is 38.3 cm³/mol. The first-order valence-corrected chi connectivity index (χ1v) is 3.04. The van der Waals surface area contributed by atoms with Crippen LogP contribution in [0.3, 0.4) is 0 Å². The molecule has 0 unspecified atom stereocenters. The molecule has 5 nitrogen and oxygen atoms in total. The lowest BCUT2D eigenvalue weighted by atomic mass is 10.1. The van der Waals surface area contributed by atoms with E-state index in [1.165, 1.54) is 6.92 Å². The van der Waals surface area contributed by atoms with E-state index < -0.39 is 11.9 Å². The standard InChI is InChI=1S/C5H12O2.CH2O3/c1-4(2)5(3,6)7;2-1(3)4/h4,6-7H,1-3H3;(H2,2,3,4). The van der Waals surface area contributed by atoms with Gasteiger partial charge in [0, 0.05) is 5.92 Å². The molecule has 0 spiro atoms. The van der Waals surface area contributed by atoms with Crippen LogP contribution in [0.15, 0.2) is 0 Å². The van der Waals surface area contributed by atoms with Gasteiger partial charge in [-0.3, -0.25) is 0 Å². The fourth-order valence-electron chi connectivity index (χ4n) is 0. The van der Waals surface area contributed by atoms with Crippen molar-refractivity contribution in [1.29, 1.82) is 0 Å². The molecule has 0 aromatic heterocycles. The Morgan fingerprint density at radius 3 is 1.36 bits per heavy atom. The molecule has 4 N–H and O–H groups in total. The topological polar surface area (TPSA) is 98.0 Å². The van der Waals surface area contributed by atoms with E-state index in [2.05, 4.69) is 0 Å². The summed E-state index contributed by atoms with van der Waals surface area (Å²) in [4.78, 5) is 8.56. The number of aliphatic hydroxyl groups is 2. The van der Waals surface area contributed by atoms with Crippen molar-refractivity contribution in [3.63, 3.8) is 0 Å². The van der Waals surface area contributed by atoms with Gasteiger partial charge in [-0.2, -0.15) is 0 Å². The molecule has 0 aromatic carbocycles. The second-order valence-electron chi connectivity index (χ2n) is 2.53. The van der Waals surface area contributed by atoms with E-state index >= 15 is 0 Å². The highest BCUT2D eigenvalue weighted by atomic mass is 16.6. The van der Waals surface area contributed by atoms with Crippen LogP contribution >= 0.6 is 0 Å². The van der Waals surface area contributed by atoms with Gasteiger partial charge in [0.05, 0.1) is 0 Å². The van der Waals surface area contributed by atoms with E-state index in [0.29, 0.717) is 0 Å². The molecule has 0 fully saturated rings. The summed E-state index contributed by atoms with van der Waals surface area (Å²) in [6.07, 6.45) is -1.83. The summed E-state index contributed by atoms with van der Waals surface area (Å²) in [5.74, 6) is -1.59. The molecule has 5 heteroatoms. The zero-order valence-electron chi connectivity index (χ0n) is 6.77. The fourth-order valence-corrected chi connectivity index (χ4v) is 0. The van der Waals surface area contributed by atoms with E-state index in [1.54, 1.807) is 13.8 Å². The Morgan fingerprint density at radius 1 is 1.27 bits per heavy atom. The molecule has 0 saturated carbocycles. The molecule has 0 aromatic rings. The second-order valence-corrected chi connectivity index (χ2v) is 2.53. The Balaban J connectivity index is 0. The SMILES string of the molecule is CC(C)C(C)(O)O.O=C(O)O. The lowest BCUT2D eigenvalue weighted by molar-refractivity contribution is -0.176. The molecule has 0 aliphatic carbocycles. The van der Waals surface area contributed by atoms with Crippen LogP contribution in [-0.4, -0.2) is 32.4 Å². The number of rotatable bonds is 1. The third-order valence-corrected chi connectivity index (χ3v) is 1.09. The van der Waals surface area contributed by atoms with E-state index in [1.807, 2.05) is 0 Å². The van der Waals surface area contributed by atoms with Crippen LogP contribution in [0.2, 0.25) is 0 Å². The van der Waals surface area contributed by atoms with Crippen LogP contribution in [0.25, 0.3) is 0 Å². The van der Waals surface area contributed by atoms with Crippen molar-refractivity contribution in [2.24, 2.45) is 5.92 Å². The molecule has 0 aliphatic heterocycles. The third kappa shape index (κ3) is 17.6. The average molecular weight is 166 g/mol. The minimum absolute atomic E-state index is 0.0903. The van der Waals surface area contributed by atoms with Gasteiger partial charge in [0.25, 0.3) is 0 Å². The van der Waals surface area contributed by atoms with Crippen LogP contribution in [-0.2, 0) is 0 Å². The summed E-state index contributed by atoms with van der Waals surface area (Å²) in [5.41, 5.74) is 0. The van der Waals surface area contributed by atoms with Gasteiger partial charge in [0.15, 0.2) is 5.79 Å².